The van der Waals surface area contributed by atoms with E-state index in [4.69, 9.17) is 27.2 Å². The van der Waals surface area contributed by atoms with Crippen LogP contribution in [0.5, 0.6) is 0 Å². The van der Waals surface area contributed by atoms with Gasteiger partial charge in [0.2, 0.25) is 29.4 Å². The number of carbonyl (C=O) groups excluding carboxylic acids is 7. The van der Waals surface area contributed by atoms with Crippen LogP contribution in [-0.4, -0.2) is 94.8 Å². The Morgan fingerprint density at radius 3 is 2.20 bits per heavy atom. The molecule has 1 aliphatic heterocycles. The summed E-state index contributed by atoms with van der Waals surface area (Å²) in [6.45, 7) is 10.7. The lowest BCUT2D eigenvalue weighted by molar-refractivity contribution is -0.143. The maximum absolute atomic E-state index is 13.9. The lowest BCUT2D eigenvalue weighted by atomic mass is 9.83. The molecule has 4 unspecified atom stereocenters. The summed E-state index contributed by atoms with van der Waals surface area (Å²) in [4.78, 5) is 92.1. The van der Waals surface area contributed by atoms with Crippen molar-refractivity contribution in [1.29, 1.82) is 0 Å². The smallest absolute Gasteiger partial charge is 0.407 e. The molecule has 1 aliphatic carbocycles. The standard InChI is InChI=1S/C34H49ClN6O8.C4H10O/c1-4-10-24(29(43)32(46)37-18-26(42)39-27(30(36)44)22-13-8-14-23(35)17-22)38-31(45)25-15-9-16-41(25)33(47)28(21-11-6-5-7-12-21)40-34(48)49-19-20(2)3;1-4(2,3)5/h8,13-14,17,20-21,24-25,27-28H,4-7,9-12,15-16,18-19H2,1-3H3,(H2,36,44)(H,37,46)(H,38,45)(H,39,42)(H,40,48);5H,1-3H3. The molecule has 1 saturated carbocycles. The number of ketones is 1. The number of rotatable bonds is 16. The highest BCUT2D eigenvalue weighted by molar-refractivity contribution is 6.38. The number of primary amides is 1. The van der Waals surface area contributed by atoms with Crippen LogP contribution in [0.4, 0.5) is 4.79 Å². The Labute approximate surface area is 323 Å². The average molecular weight is 779 g/mol. The van der Waals surface area contributed by atoms with Crippen molar-refractivity contribution < 1.29 is 43.4 Å². The van der Waals surface area contributed by atoms with Crippen molar-refractivity contribution in [3.63, 3.8) is 0 Å². The number of carbonyl (C=O) groups is 7. The molecule has 4 atom stereocenters. The van der Waals surface area contributed by atoms with Crippen molar-refractivity contribution in [2.75, 3.05) is 19.7 Å². The Kier molecular flexibility index (Phi) is 18.9. The summed E-state index contributed by atoms with van der Waals surface area (Å²) in [6.07, 6.45) is 5.22. The van der Waals surface area contributed by atoms with Crippen molar-refractivity contribution in [1.82, 2.24) is 26.2 Å². The Morgan fingerprint density at radius 2 is 1.63 bits per heavy atom. The van der Waals surface area contributed by atoms with Gasteiger partial charge in [-0.05, 0) is 82.4 Å². The number of amides is 6. The average Bonchev–Trinajstić information content (AvgIpc) is 3.60. The Bertz CT molecular complexity index is 1450. The number of hydrogen-bond donors (Lipinski definition) is 6. The summed E-state index contributed by atoms with van der Waals surface area (Å²) in [5, 5.41) is 18.9. The lowest BCUT2D eigenvalue weighted by Gasteiger charge is -2.34. The normalized spacial score (nSPS) is 17.6. The van der Waals surface area contributed by atoms with Gasteiger partial charge in [0.15, 0.2) is 0 Å². The van der Waals surface area contributed by atoms with Crippen molar-refractivity contribution in [3.05, 3.63) is 34.9 Å². The van der Waals surface area contributed by atoms with Gasteiger partial charge in [-0.15, -0.1) is 0 Å². The Morgan fingerprint density at radius 1 is 0.981 bits per heavy atom. The fourth-order valence-electron chi connectivity index (χ4n) is 6.19. The van der Waals surface area contributed by atoms with Gasteiger partial charge < -0.3 is 41.7 Å². The zero-order valence-corrected chi connectivity index (χ0v) is 33.1. The third-order valence-corrected chi connectivity index (χ3v) is 8.90. The van der Waals surface area contributed by atoms with E-state index in [0.717, 1.165) is 32.1 Å². The maximum atomic E-state index is 13.9. The second-order valence-electron chi connectivity index (χ2n) is 15.2. The third-order valence-electron chi connectivity index (χ3n) is 8.66. The van der Waals surface area contributed by atoms with E-state index in [0.29, 0.717) is 36.4 Å². The minimum atomic E-state index is -1.22. The van der Waals surface area contributed by atoms with E-state index in [2.05, 4.69) is 21.3 Å². The van der Waals surface area contributed by atoms with Gasteiger partial charge in [-0.25, -0.2) is 4.79 Å². The number of alkyl carbamates (subject to hydrolysis) is 1. The largest absolute Gasteiger partial charge is 0.449 e. The number of likely N-dealkylation sites (tertiary alicyclic amines) is 1. The summed E-state index contributed by atoms with van der Waals surface area (Å²) >= 11 is 5.98. The van der Waals surface area contributed by atoms with E-state index in [1.807, 2.05) is 13.8 Å². The van der Waals surface area contributed by atoms with Gasteiger partial charge in [0.1, 0.15) is 18.1 Å². The van der Waals surface area contributed by atoms with E-state index < -0.39 is 71.8 Å². The number of benzene rings is 1. The van der Waals surface area contributed by atoms with E-state index in [9.17, 15) is 33.6 Å². The molecule has 16 heteroatoms. The van der Waals surface area contributed by atoms with E-state index in [-0.39, 0.29) is 30.8 Å². The second-order valence-corrected chi connectivity index (χ2v) is 15.7. The van der Waals surface area contributed by atoms with Gasteiger partial charge in [0, 0.05) is 11.6 Å². The van der Waals surface area contributed by atoms with E-state index >= 15 is 0 Å². The number of nitrogens with one attached hydrogen (secondary N) is 4. The Hall–Kier alpha value is -4.24. The topological polar surface area (TPSA) is 226 Å². The van der Waals surface area contributed by atoms with Gasteiger partial charge in [-0.1, -0.05) is 70.2 Å². The molecule has 0 bridgehead atoms. The zero-order chi connectivity index (χ0) is 40.6. The molecule has 15 nitrogen and oxygen atoms in total. The van der Waals surface area contributed by atoms with Crippen LogP contribution < -0.4 is 27.0 Å². The fraction of sp³-hybridized carbons (Fsp3) is 0.658. The van der Waals surface area contributed by atoms with Crippen molar-refractivity contribution >= 4 is 53.0 Å². The van der Waals surface area contributed by atoms with Crippen LogP contribution >= 0.6 is 11.6 Å². The molecular formula is C38H59ClN6O9. The highest BCUT2D eigenvalue weighted by atomic mass is 35.5. The van der Waals surface area contributed by atoms with Crippen molar-refractivity contribution in [2.24, 2.45) is 17.6 Å². The zero-order valence-electron chi connectivity index (χ0n) is 32.4. The van der Waals surface area contributed by atoms with Crippen LogP contribution in [0.15, 0.2) is 24.3 Å². The molecule has 2 aliphatic rings. The SMILES string of the molecule is CC(C)(C)O.CCCC(NC(=O)C1CCCN1C(=O)C(NC(=O)OCC(C)C)C1CCCCC1)C(=O)C(=O)NCC(=O)NC(C(N)=O)c1cccc(Cl)c1. The molecule has 6 amide bonds. The van der Waals surface area contributed by atoms with Gasteiger partial charge in [-0.3, -0.25) is 28.8 Å². The molecule has 3 rings (SSSR count). The highest BCUT2D eigenvalue weighted by Gasteiger charge is 2.42. The molecule has 0 aromatic heterocycles. The van der Waals surface area contributed by atoms with Crippen LogP contribution in [0, 0.1) is 11.8 Å². The number of aliphatic hydroxyl groups is 1. The number of nitrogens with two attached hydrogens (primary N) is 1. The molecule has 0 spiro atoms. The van der Waals surface area contributed by atoms with Crippen LogP contribution in [-0.2, 0) is 33.5 Å². The third kappa shape index (κ3) is 16.0. The molecule has 1 aromatic rings. The molecule has 1 saturated heterocycles. The molecule has 1 aromatic carbocycles. The Balaban J connectivity index is 0.00000188. The predicted molar refractivity (Wildman–Crippen MR) is 203 cm³/mol. The molecule has 1 heterocycles. The molecular weight excluding hydrogens is 720 g/mol. The van der Waals surface area contributed by atoms with Crippen LogP contribution in [0.2, 0.25) is 5.02 Å². The highest BCUT2D eigenvalue weighted by Crippen LogP contribution is 2.29. The lowest BCUT2D eigenvalue weighted by Crippen LogP contribution is -2.58. The summed E-state index contributed by atoms with van der Waals surface area (Å²) < 4.78 is 5.30. The first-order chi connectivity index (χ1) is 25.3. The first kappa shape index (κ1) is 45.9. The number of ether oxygens (including phenoxy) is 1. The monoisotopic (exact) mass is 778 g/mol. The molecule has 7 N–H and O–H groups in total. The van der Waals surface area contributed by atoms with Crippen LogP contribution in [0.3, 0.4) is 0 Å². The quantitative estimate of drug-likeness (QED) is 0.135. The summed E-state index contributed by atoms with van der Waals surface area (Å²) in [7, 11) is 0. The van der Waals surface area contributed by atoms with E-state index in [1.165, 1.54) is 11.0 Å². The van der Waals surface area contributed by atoms with Gasteiger partial charge in [0.05, 0.1) is 24.8 Å². The van der Waals surface area contributed by atoms with Crippen LogP contribution in [0.25, 0.3) is 0 Å². The van der Waals surface area contributed by atoms with Gasteiger partial charge >= 0.3 is 6.09 Å². The minimum absolute atomic E-state index is 0.101. The molecule has 54 heavy (non-hydrogen) atoms. The number of halogens is 1. The van der Waals surface area contributed by atoms with Crippen LogP contribution in [0.1, 0.15) is 111 Å². The number of nitrogens with zero attached hydrogens (tertiary/aromatic N) is 1. The molecule has 302 valence electrons. The predicted octanol–water partition coefficient (Wildman–Crippen LogP) is 3.05. The molecule has 2 fully saturated rings. The first-order valence-electron chi connectivity index (χ1n) is 18.7. The second kappa shape index (κ2) is 22.2. The fourth-order valence-corrected chi connectivity index (χ4v) is 6.39. The first-order valence-corrected chi connectivity index (χ1v) is 19.1. The van der Waals surface area contributed by atoms with Gasteiger partial charge in [-0.2, -0.15) is 0 Å². The van der Waals surface area contributed by atoms with Crippen molar-refractivity contribution in [2.45, 2.75) is 129 Å². The van der Waals surface area contributed by atoms with Gasteiger partial charge in [0.25, 0.3) is 5.91 Å². The number of Topliss-reactive ketones (excluding diaryl/α,β-unsaturated/α-hetero) is 1. The molecule has 0 radical (unpaired) electrons. The summed E-state index contributed by atoms with van der Waals surface area (Å²) in [6, 6.07) is 2.00. The maximum Gasteiger partial charge on any atom is 0.407 e. The van der Waals surface area contributed by atoms with Crippen molar-refractivity contribution in [3.8, 4) is 0 Å². The summed E-state index contributed by atoms with van der Waals surface area (Å²) in [5.41, 5.74) is 5.28. The number of hydrogen-bond acceptors (Lipinski definition) is 9. The van der Waals surface area contributed by atoms with E-state index in [1.54, 1.807) is 45.9 Å². The summed E-state index contributed by atoms with van der Waals surface area (Å²) in [5.74, 6) is -4.64. The minimum Gasteiger partial charge on any atom is -0.449 e.